The first-order valence-corrected chi connectivity index (χ1v) is 10.00. The Labute approximate surface area is 175 Å². The molecule has 150 valence electrons. The molecule has 8 nitrogen and oxygen atoms in total. The standard InChI is InChI=1S/C21H17N5O3S/c1-2-26-20(28)15-7-6-13(11-16(15)25-21(26)29)19(27)24-14-8-10-23-18(12-14)30-17-5-3-4-9-22-17/h3-12H,2H2,1H3,(H,25,29)(H,23,24,27). The lowest BCUT2D eigenvalue weighted by Gasteiger charge is -2.08. The number of fused-ring (bicyclic) bond motifs is 1. The molecule has 0 unspecified atom stereocenters. The quantitative estimate of drug-likeness (QED) is 0.515. The van der Waals surface area contributed by atoms with Gasteiger partial charge < -0.3 is 10.3 Å². The number of H-pyrrole nitrogens is 1. The summed E-state index contributed by atoms with van der Waals surface area (Å²) in [6.45, 7) is 1.99. The van der Waals surface area contributed by atoms with E-state index < -0.39 is 5.69 Å². The zero-order valence-corrected chi connectivity index (χ0v) is 16.8. The molecular formula is C21H17N5O3S. The van der Waals surface area contributed by atoms with Gasteiger partial charge in [0.1, 0.15) is 10.1 Å². The van der Waals surface area contributed by atoms with Crippen molar-refractivity contribution >= 4 is 34.3 Å². The minimum absolute atomic E-state index is 0.271. The monoisotopic (exact) mass is 419 g/mol. The van der Waals surface area contributed by atoms with Crippen molar-refractivity contribution in [1.82, 2.24) is 19.5 Å². The molecule has 0 bridgehead atoms. The third-order valence-electron chi connectivity index (χ3n) is 4.40. The number of nitrogens with zero attached hydrogens (tertiary/aromatic N) is 3. The Hall–Kier alpha value is -3.72. The van der Waals surface area contributed by atoms with Gasteiger partial charge in [-0.3, -0.25) is 14.2 Å². The molecule has 1 aromatic carbocycles. The number of carbonyl (C=O) groups excluding carboxylic acids is 1. The highest BCUT2D eigenvalue weighted by atomic mass is 32.2. The average molecular weight is 419 g/mol. The van der Waals surface area contributed by atoms with Crippen molar-refractivity contribution in [3.05, 3.63) is 87.3 Å². The molecule has 0 fully saturated rings. The number of carbonyl (C=O) groups is 1. The summed E-state index contributed by atoms with van der Waals surface area (Å²) in [6.07, 6.45) is 3.30. The molecule has 0 aliphatic heterocycles. The van der Waals surface area contributed by atoms with E-state index in [2.05, 4.69) is 20.3 Å². The number of anilines is 1. The predicted octanol–water partition coefficient (Wildman–Crippen LogP) is 2.90. The molecule has 0 spiro atoms. The summed E-state index contributed by atoms with van der Waals surface area (Å²) >= 11 is 1.38. The molecule has 4 rings (SSSR count). The third kappa shape index (κ3) is 4.01. The van der Waals surface area contributed by atoms with Crippen LogP contribution in [0.3, 0.4) is 0 Å². The number of nitrogens with one attached hydrogen (secondary N) is 2. The fraction of sp³-hybridized carbons (Fsp3) is 0.0952. The Morgan fingerprint density at radius 2 is 1.90 bits per heavy atom. The van der Waals surface area contributed by atoms with E-state index in [0.29, 0.717) is 27.2 Å². The maximum absolute atomic E-state index is 12.7. The van der Waals surface area contributed by atoms with E-state index in [9.17, 15) is 14.4 Å². The van der Waals surface area contributed by atoms with Crippen LogP contribution in [0.1, 0.15) is 17.3 Å². The van der Waals surface area contributed by atoms with Gasteiger partial charge in [0, 0.05) is 30.2 Å². The van der Waals surface area contributed by atoms with Crippen LogP contribution in [0.2, 0.25) is 0 Å². The van der Waals surface area contributed by atoms with Crippen molar-refractivity contribution in [2.45, 2.75) is 23.5 Å². The summed E-state index contributed by atoms with van der Waals surface area (Å²) in [6, 6.07) is 13.6. The minimum atomic E-state index is -0.502. The van der Waals surface area contributed by atoms with Crippen LogP contribution in [0, 0.1) is 0 Å². The number of hydrogen-bond acceptors (Lipinski definition) is 6. The maximum atomic E-state index is 12.7. The van der Waals surface area contributed by atoms with E-state index in [1.165, 1.54) is 17.8 Å². The Bertz CT molecular complexity index is 1350. The lowest BCUT2D eigenvalue weighted by molar-refractivity contribution is 0.102. The van der Waals surface area contributed by atoms with Crippen LogP contribution in [0.4, 0.5) is 5.69 Å². The number of hydrogen-bond donors (Lipinski definition) is 2. The third-order valence-corrected chi connectivity index (χ3v) is 5.28. The van der Waals surface area contributed by atoms with Gasteiger partial charge in [-0.05, 0) is 49.4 Å². The van der Waals surface area contributed by atoms with Crippen molar-refractivity contribution < 1.29 is 4.79 Å². The number of rotatable bonds is 5. The smallest absolute Gasteiger partial charge is 0.322 e. The summed E-state index contributed by atoms with van der Waals surface area (Å²) in [5, 5.41) is 4.65. The summed E-state index contributed by atoms with van der Waals surface area (Å²) in [4.78, 5) is 48.3. The highest BCUT2D eigenvalue weighted by molar-refractivity contribution is 7.99. The van der Waals surface area contributed by atoms with Crippen molar-refractivity contribution in [2.75, 3.05) is 5.32 Å². The molecule has 0 radical (unpaired) electrons. The molecule has 2 N–H and O–H groups in total. The Morgan fingerprint density at radius 1 is 1.07 bits per heavy atom. The first kappa shape index (κ1) is 19.6. The number of benzene rings is 1. The Kier molecular flexibility index (Phi) is 5.44. The number of aromatic nitrogens is 4. The molecule has 3 heterocycles. The van der Waals surface area contributed by atoms with Gasteiger partial charge in [0.2, 0.25) is 0 Å². The molecule has 1 amide bonds. The fourth-order valence-corrected chi connectivity index (χ4v) is 3.72. The Morgan fingerprint density at radius 3 is 2.67 bits per heavy atom. The minimum Gasteiger partial charge on any atom is -0.322 e. The molecule has 0 saturated heterocycles. The fourth-order valence-electron chi connectivity index (χ4n) is 2.94. The highest BCUT2D eigenvalue weighted by Gasteiger charge is 2.12. The number of pyridine rings is 2. The van der Waals surface area contributed by atoms with E-state index in [-0.39, 0.29) is 18.0 Å². The first-order valence-electron chi connectivity index (χ1n) is 9.18. The molecule has 0 aliphatic carbocycles. The Balaban J connectivity index is 1.58. The summed E-state index contributed by atoms with van der Waals surface area (Å²) < 4.78 is 1.11. The van der Waals surface area contributed by atoms with E-state index >= 15 is 0 Å². The zero-order valence-electron chi connectivity index (χ0n) is 16.0. The summed E-state index contributed by atoms with van der Waals surface area (Å²) in [7, 11) is 0. The lowest BCUT2D eigenvalue weighted by Crippen LogP contribution is -2.34. The van der Waals surface area contributed by atoms with Gasteiger partial charge in [-0.2, -0.15) is 0 Å². The van der Waals surface area contributed by atoms with Crippen LogP contribution in [0.15, 0.2) is 80.6 Å². The molecule has 0 aliphatic rings. The van der Waals surface area contributed by atoms with Crippen LogP contribution in [0.5, 0.6) is 0 Å². The number of amides is 1. The SMILES string of the molecule is CCn1c(=O)[nH]c2cc(C(=O)Nc3ccnc(Sc4ccccn4)c3)ccc2c1=O. The predicted molar refractivity (Wildman–Crippen MR) is 115 cm³/mol. The molecule has 3 aromatic heterocycles. The van der Waals surface area contributed by atoms with Crippen molar-refractivity contribution in [2.24, 2.45) is 0 Å². The van der Waals surface area contributed by atoms with Crippen LogP contribution in [-0.4, -0.2) is 25.4 Å². The van der Waals surface area contributed by atoms with Crippen molar-refractivity contribution in [1.29, 1.82) is 0 Å². The molecular weight excluding hydrogens is 402 g/mol. The van der Waals surface area contributed by atoms with E-state index in [1.807, 2.05) is 18.2 Å². The number of aromatic amines is 1. The summed E-state index contributed by atoms with van der Waals surface area (Å²) in [5.74, 6) is -0.364. The van der Waals surface area contributed by atoms with Gasteiger partial charge >= 0.3 is 5.69 Å². The van der Waals surface area contributed by atoms with Gasteiger partial charge in [-0.15, -0.1) is 0 Å². The molecule has 30 heavy (non-hydrogen) atoms. The topological polar surface area (TPSA) is 110 Å². The van der Waals surface area contributed by atoms with Gasteiger partial charge in [-0.1, -0.05) is 17.8 Å². The molecule has 4 aromatic rings. The average Bonchev–Trinajstić information content (AvgIpc) is 2.74. The van der Waals surface area contributed by atoms with Crippen molar-refractivity contribution in [3.63, 3.8) is 0 Å². The van der Waals surface area contributed by atoms with Crippen LogP contribution >= 0.6 is 11.8 Å². The second kappa shape index (κ2) is 8.34. The summed E-state index contributed by atoms with van der Waals surface area (Å²) in [5.41, 5.74) is 0.334. The first-order chi connectivity index (χ1) is 14.5. The van der Waals surface area contributed by atoms with Crippen LogP contribution in [0.25, 0.3) is 10.9 Å². The highest BCUT2D eigenvalue weighted by Crippen LogP contribution is 2.25. The maximum Gasteiger partial charge on any atom is 0.328 e. The second-order valence-corrected chi connectivity index (χ2v) is 7.39. The second-order valence-electron chi connectivity index (χ2n) is 6.35. The lowest BCUT2D eigenvalue weighted by atomic mass is 10.1. The van der Waals surface area contributed by atoms with Crippen LogP contribution < -0.4 is 16.6 Å². The molecule has 0 atom stereocenters. The van der Waals surface area contributed by atoms with Gasteiger partial charge in [0.25, 0.3) is 11.5 Å². The largest absolute Gasteiger partial charge is 0.328 e. The molecule has 9 heteroatoms. The van der Waals surface area contributed by atoms with Gasteiger partial charge in [0.15, 0.2) is 0 Å². The van der Waals surface area contributed by atoms with Crippen LogP contribution in [-0.2, 0) is 6.54 Å². The normalized spacial score (nSPS) is 10.8. The van der Waals surface area contributed by atoms with E-state index in [0.717, 1.165) is 9.59 Å². The zero-order chi connectivity index (χ0) is 21.1. The molecule has 0 saturated carbocycles. The van der Waals surface area contributed by atoms with Crippen molar-refractivity contribution in [3.8, 4) is 0 Å². The van der Waals surface area contributed by atoms with Gasteiger partial charge in [0.05, 0.1) is 10.9 Å². The van der Waals surface area contributed by atoms with E-state index in [4.69, 9.17) is 0 Å². The van der Waals surface area contributed by atoms with E-state index in [1.54, 1.807) is 43.6 Å². The van der Waals surface area contributed by atoms with Gasteiger partial charge in [-0.25, -0.2) is 14.8 Å².